The maximum absolute atomic E-state index is 8.49. The third kappa shape index (κ3) is 3.61. The van der Waals surface area contributed by atoms with Gasteiger partial charge in [-0.25, -0.2) is 0 Å². The minimum atomic E-state index is -0.434. The summed E-state index contributed by atoms with van der Waals surface area (Å²) in [5.74, 6) is 0.866. The third-order valence-corrected chi connectivity index (χ3v) is 2.18. The maximum Gasteiger partial charge on any atom is 0.122 e. The van der Waals surface area contributed by atoms with Gasteiger partial charge in [0.1, 0.15) is 5.75 Å². The Bertz CT molecular complexity index is 368. The molecule has 3 heteroatoms. The third-order valence-electron chi connectivity index (χ3n) is 2.18. The second kappa shape index (κ2) is 5.38. The zero-order chi connectivity index (χ0) is 11.3. The van der Waals surface area contributed by atoms with Crippen molar-refractivity contribution >= 4 is 0 Å². The van der Waals surface area contributed by atoms with Crippen LogP contribution in [0.5, 0.6) is 5.75 Å². The molecule has 0 aliphatic carbocycles. The monoisotopic (exact) mass is 204 g/mol. The molecule has 0 saturated carbocycles. The first-order valence-electron chi connectivity index (χ1n) is 4.98. The number of aryl methyl sites for hydroxylation is 2. The van der Waals surface area contributed by atoms with E-state index in [9.17, 15) is 0 Å². The van der Waals surface area contributed by atoms with Crippen molar-refractivity contribution < 1.29 is 4.74 Å². The first-order chi connectivity index (χ1) is 7.13. The van der Waals surface area contributed by atoms with Gasteiger partial charge < -0.3 is 10.5 Å². The molecule has 1 rings (SSSR count). The number of nitrogens with two attached hydrogens (primary N) is 1. The average Bonchev–Trinajstić information content (AvgIpc) is 2.21. The van der Waals surface area contributed by atoms with Gasteiger partial charge in [-0.2, -0.15) is 5.26 Å². The molecule has 0 bridgehead atoms. The predicted molar refractivity (Wildman–Crippen MR) is 59.6 cm³/mol. The van der Waals surface area contributed by atoms with Gasteiger partial charge in [0, 0.05) is 6.42 Å². The molecular formula is C12H16N2O. The van der Waals surface area contributed by atoms with Crippen LogP contribution in [0.4, 0.5) is 0 Å². The smallest absolute Gasteiger partial charge is 0.122 e. The van der Waals surface area contributed by atoms with Crippen LogP contribution in [0.3, 0.4) is 0 Å². The molecule has 0 radical (unpaired) electrons. The lowest BCUT2D eigenvalue weighted by Gasteiger charge is -2.10. The zero-order valence-corrected chi connectivity index (χ0v) is 9.16. The lowest BCUT2D eigenvalue weighted by Crippen LogP contribution is -2.20. The second-order valence-corrected chi connectivity index (χ2v) is 3.64. The molecular weight excluding hydrogens is 188 g/mol. The number of hydrogen-bond acceptors (Lipinski definition) is 3. The topological polar surface area (TPSA) is 59.0 Å². The number of ether oxygens (including phenoxy) is 1. The van der Waals surface area contributed by atoms with Crippen LogP contribution >= 0.6 is 0 Å². The number of hydrogen-bond donors (Lipinski definition) is 1. The van der Waals surface area contributed by atoms with E-state index in [0.717, 1.165) is 11.3 Å². The van der Waals surface area contributed by atoms with Crippen LogP contribution in [0.15, 0.2) is 18.2 Å². The molecule has 0 aromatic heterocycles. The SMILES string of the molecule is Cc1ccc(OCCC(N)C#N)c(C)c1. The highest BCUT2D eigenvalue weighted by Gasteiger charge is 2.02. The summed E-state index contributed by atoms with van der Waals surface area (Å²) in [6.45, 7) is 4.54. The van der Waals surface area contributed by atoms with E-state index < -0.39 is 6.04 Å². The summed E-state index contributed by atoms with van der Waals surface area (Å²) in [7, 11) is 0. The first-order valence-corrected chi connectivity index (χ1v) is 4.98. The normalized spacial score (nSPS) is 11.9. The van der Waals surface area contributed by atoms with E-state index in [0.29, 0.717) is 13.0 Å². The van der Waals surface area contributed by atoms with Gasteiger partial charge in [-0.1, -0.05) is 17.7 Å². The van der Waals surface area contributed by atoms with E-state index in [4.69, 9.17) is 15.7 Å². The Morgan fingerprint density at radius 2 is 2.20 bits per heavy atom. The van der Waals surface area contributed by atoms with E-state index in [1.807, 2.05) is 32.0 Å². The Balaban J connectivity index is 2.48. The summed E-state index contributed by atoms with van der Waals surface area (Å²) in [4.78, 5) is 0. The maximum atomic E-state index is 8.49. The summed E-state index contributed by atoms with van der Waals surface area (Å²) < 4.78 is 5.53. The zero-order valence-electron chi connectivity index (χ0n) is 9.16. The van der Waals surface area contributed by atoms with Crippen LogP contribution in [0.25, 0.3) is 0 Å². The summed E-state index contributed by atoms with van der Waals surface area (Å²) in [6.07, 6.45) is 0.559. The average molecular weight is 204 g/mol. The molecule has 1 unspecified atom stereocenters. The van der Waals surface area contributed by atoms with Gasteiger partial charge in [0.15, 0.2) is 0 Å². The first kappa shape index (κ1) is 11.5. The van der Waals surface area contributed by atoms with E-state index in [1.54, 1.807) is 0 Å². The molecule has 15 heavy (non-hydrogen) atoms. The Labute approximate surface area is 90.5 Å². The predicted octanol–water partition coefficient (Wildman–Crippen LogP) is 1.92. The van der Waals surface area contributed by atoms with Crippen LogP contribution in [-0.2, 0) is 0 Å². The van der Waals surface area contributed by atoms with Crippen molar-refractivity contribution in [1.29, 1.82) is 5.26 Å². The van der Waals surface area contributed by atoms with Gasteiger partial charge in [0.05, 0.1) is 18.7 Å². The van der Waals surface area contributed by atoms with Gasteiger partial charge in [-0.15, -0.1) is 0 Å². The Hall–Kier alpha value is -1.53. The highest BCUT2D eigenvalue weighted by molar-refractivity contribution is 5.35. The summed E-state index contributed by atoms with van der Waals surface area (Å²) in [6, 6.07) is 7.56. The molecule has 1 aromatic carbocycles. The van der Waals surface area contributed by atoms with Crippen LogP contribution < -0.4 is 10.5 Å². The highest BCUT2D eigenvalue weighted by atomic mass is 16.5. The molecule has 0 aliphatic heterocycles. The quantitative estimate of drug-likeness (QED) is 0.815. The van der Waals surface area contributed by atoms with Crippen molar-refractivity contribution in [3.8, 4) is 11.8 Å². The molecule has 0 spiro atoms. The molecule has 0 aliphatic rings. The van der Waals surface area contributed by atoms with E-state index >= 15 is 0 Å². The number of benzene rings is 1. The molecule has 0 amide bonds. The Morgan fingerprint density at radius 3 is 2.80 bits per heavy atom. The standard InChI is InChI=1S/C12H16N2O/c1-9-3-4-12(10(2)7-9)15-6-5-11(14)8-13/h3-4,7,11H,5-6,14H2,1-2H3. The van der Waals surface area contributed by atoms with Crippen molar-refractivity contribution in [2.75, 3.05) is 6.61 Å². The van der Waals surface area contributed by atoms with E-state index in [2.05, 4.69) is 6.07 Å². The van der Waals surface area contributed by atoms with Crippen molar-refractivity contribution in [3.63, 3.8) is 0 Å². The lowest BCUT2D eigenvalue weighted by atomic mass is 10.1. The van der Waals surface area contributed by atoms with Crippen LogP contribution in [0.1, 0.15) is 17.5 Å². The minimum Gasteiger partial charge on any atom is -0.493 e. The molecule has 0 saturated heterocycles. The van der Waals surface area contributed by atoms with Crippen molar-refractivity contribution in [2.45, 2.75) is 26.3 Å². The van der Waals surface area contributed by atoms with Crippen molar-refractivity contribution in [1.82, 2.24) is 0 Å². The number of nitrogens with zero attached hydrogens (tertiary/aromatic N) is 1. The fraction of sp³-hybridized carbons (Fsp3) is 0.417. The van der Waals surface area contributed by atoms with Crippen molar-refractivity contribution in [2.24, 2.45) is 5.73 Å². The fourth-order valence-corrected chi connectivity index (χ4v) is 1.32. The Morgan fingerprint density at radius 1 is 1.47 bits per heavy atom. The largest absolute Gasteiger partial charge is 0.493 e. The van der Waals surface area contributed by atoms with Gasteiger partial charge >= 0.3 is 0 Å². The van der Waals surface area contributed by atoms with Crippen LogP contribution in [0.2, 0.25) is 0 Å². The van der Waals surface area contributed by atoms with Gasteiger partial charge in [0.2, 0.25) is 0 Å². The van der Waals surface area contributed by atoms with Gasteiger partial charge in [-0.05, 0) is 25.5 Å². The molecule has 2 N–H and O–H groups in total. The molecule has 0 fully saturated rings. The summed E-state index contributed by atoms with van der Waals surface area (Å²) >= 11 is 0. The van der Waals surface area contributed by atoms with Crippen LogP contribution in [-0.4, -0.2) is 12.6 Å². The number of nitriles is 1. The van der Waals surface area contributed by atoms with Crippen LogP contribution in [0, 0.1) is 25.2 Å². The summed E-state index contributed by atoms with van der Waals surface area (Å²) in [5, 5.41) is 8.49. The molecule has 3 nitrogen and oxygen atoms in total. The Kier molecular flexibility index (Phi) is 4.14. The molecule has 1 atom stereocenters. The molecule has 1 aromatic rings. The van der Waals surface area contributed by atoms with Crippen molar-refractivity contribution in [3.05, 3.63) is 29.3 Å². The van der Waals surface area contributed by atoms with Gasteiger partial charge in [0.25, 0.3) is 0 Å². The molecule has 0 heterocycles. The fourth-order valence-electron chi connectivity index (χ4n) is 1.32. The van der Waals surface area contributed by atoms with Gasteiger partial charge in [-0.3, -0.25) is 0 Å². The minimum absolute atomic E-state index is 0.434. The summed E-state index contributed by atoms with van der Waals surface area (Å²) in [5.41, 5.74) is 7.79. The second-order valence-electron chi connectivity index (χ2n) is 3.64. The van der Waals surface area contributed by atoms with E-state index in [1.165, 1.54) is 5.56 Å². The molecule has 80 valence electrons. The lowest BCUT2D eigenvalue weighted by molar-refractivity contribution is 0.304. The van der Waals surface area contributed by atoms with E-state index in [-0.39, 0.29) is 0 Å². The number of rotatable bonds is 4. The highest BCUT2D eigenvalue weighted by Crippen LogP contribution is 2.18.